The summed E-state index contributed by atoms with van der Waals surface area (Å²) in [6.45, 7) is 4.12. The van der Waals surface area contributed by atoms with Gasteiger partial charge in [0, 0.05) is 25.3 Å². The second kappa shape index (κ2) is 9.19. The third-order valence-electron chi connectivity index (χ3n) is 4.09. The lowest BCUT2D eigenvalue weighted by molar-refractivity contribution is -0.00312. The standard InChI is InChI=1S/C19H25NO4/c1-4-11-24-18-13-15(9-10-17(18)22-3)19(21)20(5-2)14-16-8-6-7-12-23-16/h1,9-10,13,16H,5-8,11-12,14H2,2-3H3. The largest absolute Gasteiger partial charge is 0.493 e. The van der Waals surface area contributed by atoms with Crippen LogP contribution in [0.4, 0.5) is 0 Å². The molecule has 5 heteroatoms. The van der Waals surface area contributed by atoms with Crippen molar-refractivity contribution < 1.29 is 19.0 Å². The third kappa shape index (κ3) is 4.65. The number of benzene rings is 1. The molecule has 0 saturated carbocycles. The fourth-order valence-electron chi connectivity index (χ4n) is 2.78. The van der Waals surface area contributed by atoms with Crippen LogP contribution in [-0.4, -0.2) is 50.3 Å². The van der Waals surface area contributed by atoms with E-state index in [0.29, 0.717) is 30.2 Å². The highest BCUT2D eigenvalue weighted by Gasteiger charge is 2.22. The summed E-state index contributed by atoms with van der Waals surface area (Å²) >= 11 is 0. The van der Waals surface area contributed by atoms with Gasteiger partial charge in [-0.3, -0.25) is 4.79 Å². The fraction of sp³-hybridized carbons (Fsp3) is 0.526. The number of amides is 1. The topological polar surface area (TPSA) is 48.0 Å². The molecule has 0 spiro atoms. The molecular weight excluding hydrogens is 306 g/mol. The van der Waals surface area contributed by atoms with Gasteiger partial charge in [0.15, 0.2) is 11.5 Å². The van der Waals surface area contributed by atoms with Gasteiger partial charge in [-0.25, -0.2) is 0 Å². The zero-order valence-corrected chi connectivity index (χ0v) is 14.4. The quantitative estimate of drug-likeness (QED) is 0.721. The lowest BCUT2D eigenvalue weighted by atomic mass is 10.1. The number of methoxy groups -OCH3 is 1. The van der Waals surface area contributed by atoms with Gasteiger partial charge in [0.1, 0.15) is 6.61 Å². The van der Waals surface area contributed by atoms with Crippen molar-refractivity contribution in [1.29, 1.82) is 0 Å². The summed E-state index contributed by atoms with van der Waals surface area (Å²) in [6.07, 6.45) is 8.62. The van der Waals surface area contributed by atoms with Gasteiger partial charge in [-0.15, -0.1) is 6.42 Å². The number of likely N-dealkylation sites (N-methyl/N-ethyl adjacent to an activating group) is 1. The molecule has 0 aromatic heterocycles. The molecular formula is C19H25NO4. The van der Waals surface area contributed by atoms with E-state index in [1.54, 1.807) is 25.3 Å². The SMILES string of the molecule is C#CCOc1cc(C(=O)N(CC)CC2CCCCO2)ccc1OC. The lowest BCUT2D eigenvalue weighted by Crippen LogP contribution is -2.39. The van der Waals surface area contributed by atoms with E-state index < -0.39 is 0 Å². The van der Waals surface area contributed by atoms with Gasteiger partial charge in [-0.05, 0) is 44.4 Å². The van der Waals surface area contributed by atoms with Crippen molar-refractivity contribution in [1.82, 2.24) is 4.90 Å². The van der Waals surface area contributed by atoms with Crippen molar-refractivity contribution in [3.63, 3.8) is 0 Å². The number of ether oxygens (including phenoxy) is 3. The van der Waals surface area contributed by atoms with Crippen molar-refractivity contribution in [3.8, 4) is 23.8 Å². The Hall–Kier alpha value is -2.19. The minimum Gasteiger partial charge on any atom is -0.493 e. The number of terminal acetylenes is 1. The van der Waals surface area contributed by atoms with Crippen molar-refractivity contribution >= 4 is 5.91 Å². The van der Waals surface area contributed by atoms with E-state index in [2.05, 4.69) is 5.92 Å². The molecule has 2 rings (SSSR count). The number of carbonyl (C=O) groups is 1. The lowest BCUT2D eigenvalue weighted by Gasteiger charge is -2.29. The average Bonchev–Trinajstić information content (AvgIpc) is 2.64. The Kier molecular flexibility index (Phi) is 6.95. The highest BCUT2D eigenvalue weighted by Crippen LogP contribution is 2.28. The first-order valence-electron chi connectivity index (χ1n) is 8.34. The molecule has 1 atom stereocenters. The van der Waals surface area contributed by atoms with Crippen LogP contribution in [0.15, 0.2) is 18.2 Å². The normalized spacial score (nSPS) is 17.0. The van der Waals surface area contributed by atoms with E-state index >= 15 is 0 Å². The summed E-state index contributed by atoms with van der Waals surface area (Å²) < 4.78 is 16.5. The second-order valence-electron chi connectivity index (χ2n) is 5.69. The fourth-order valence-corrected chi connectivity index (χ4v) is 2.78. The van der Waals surface area contributed by atoms with Crippen LogP contribution in [0.2, 0.25) is 0 Å². The summed E-state index contributed by atoms with van der Waals surface area (Å²) in [5, 5.41) is 0. The highest BCUT2D eigenvalue weighted by molar-refractivity contribution is 5.95. The molecule has 5 nitrogen and oxygen atoms in total. The van der Waals surface area contributed by atoms with Crippen molar-refractivity contribution in [2.75, 3.05) is 33.4 Å². The summed E-state index contributed by atoms with van der Waals surface area (Å²) in [5.41, 5.74) is 0.556. The molecule has 24 heavy (non-hydrogen) atoms. The number of nitrogens with zero attached hydrogens (tertiary/aromatic N) is 1. The molecule has 1 unspecified atom stereocenters. The zero-order valence-electron chi connectivity index (χ0n) is 14.4. The van der Waals surface area contributed by atoms with Gasteiger partial charge in [-0.1, -0.05) is 5.92 Å². The molecule has 1 heterocycles. The van der Waals surface area contributed by atoms with Crippen LogP contribution in [0, 0.1) is 12.3 Å². The second-order valence-corrected chi connectivity index (χ2v) is 5.69. The van der Waals surface area contributed by atoms with Crippen LogP contribution in [0.1, 0.15) is 36.5 Å². The van der Waals surface area contributed by atoms with E-state index in [0.717, 1.165) is 25.9 Å². The first kappa shape index (κ1) is 18.2. The van der Waals surface area contributed by atoms with E-state index in [1.807, 2.05) is 11.8 Å². The first-order valence-corrected chi connectivity index (χ1v) is 8.34. The highest BCUT2D eigenvalue weighted by atomic mass is 16.5. The van der Waals surface area contributed by atoms with Crippen molar-refractivity contribution in [3.05, 3.63) is 23.8 Å². The molecule has 1 amide bonds. The molecule has 0 N–H and O–H groups in total. The van der Waals surface area contributed by atoms with E-state index in [1.165, 1.54) is 0 Å². The van der Waals surface area contributed by atoms with E-state index in [9.17, 15) is 4.79 Å². The first-order chi connectivity index (χ1) is 11.7. The molecule has 1 saturated heterocycles. The Morgan fingerprint density at radius 3 is 2.88 bits per heavy atom. The molecule has 1 fully saturated rings. The summed E-state index contributed by atoms with van der Waals surface area (Å²) in [7, 11) is 1.55. The van der Waals surface area contributed by atoms with Crippen molar-refractivity contribution in [2.45, 2.75) is 32.3 Å². The van der Waals surface area contributed by atoms with E-state index in [4.69, 9.17) is 20.6 Å². The maximum absolute atomic E-state index is 12.8. The van der Waals surface area contributed by atoms with Gasteiger partial charge in [0.25, 0.3) is 5.91 Å². The predicted molar refractivity (Wildman–Crippen MR) is 92.5 cm³/mol. The Balaban J connectivity index is 2.12. The molecule has 1 aliphatic heterocycles. The molecule has 0 bridgehead atoms. The van der Waals surface area contributed by atoms with Gasteiger partial charge < -0.3 is 19.1 Å². The average molecular weight is 331 g/mol. The molecule has 1 aromatic rings. The number of hydrogen-bond donors (Lipinski definition) is 0. The van der Waals surface area contributed by atoms with Crippen LogP contribution in [0.5, 0.6) is 11.5 Å². The zero-order chi connectivity index (χ0) is 17.4. The van der Waals surface area contributed by atoms with Crippen LogP contribution in [0.3, 0.4) is 0 Å². The van der Waals surface area contributed by atoms with Crippen LogP contribution < -0.4 is 9.47 Å². The number of hydrogen-bond acceptors (Lipinski definition) is 4. The van der Waals surface area contributed by atoms with Gasteiger partial charge in [0.2, 0.25) is 0 Å². The monoisotopic (exact) mass is 331 g/mol. The minimum absolute atomic E-state index is 0.0418. The summed E-state index contributed by atoms with van der Waals surface area (Å²) in [6, 6.07) is 5.15. The molecule has 1 aliphatic rings. The van der Waals surface area contributed by atoms with Crippen LogP contribution in [-0.2, 0) is 4.74 Å². The van der Waals surface area contributed by atoms with Crippen LogP contribution >= 0.6 is 0 Å². The predicted octanol–water partition coefficient (Wildman–Crippen LogP) is 2.74. The Morgan fingerprint density at radius 1 is 1.42 bits per heavy atom. The Labute approximate surface area is 143 Å². The molecule has 0 radical (unpaired) electrons. The van der Waals surface area contributed by atoms with Crippen LogP contribution in [0.25, 0.3) is 0 Å². The third-order valence-corrected chi connectivity index (χ3v) is 4.09. The maximum Gasteiger partial charge on any atom is 0.254 e. The molecule has 0 aliphatic carbocycles. The van der Waals surface area contributed by atoms with Gasteiger partial charge in [0.05, 0.1) is 13.2 Å². The Bertz CT molecular complexity index is 588. The summed E-state index contributed by atoms with van der Waals surface area (Å²) in [5.74, 6) is 3.41. The molecule has 130 valence electrons. The smallest absolute Gasteiger partial charge is 0.254 e. The Morgan fingerprint density at radius 2 is 2.25 bits per heavy atom. The minimum atomic E-state index is -0.0418. The number of carbonyl (C=O) groups excluding carboxylic acids is 1. The van der Waals surface area contributed by atoms with Crippen molar-refractivity contribution in [2.24, 2.45) is 0 Å². The molecule has 1 aromatic carbocycles. The summed E-state index contributed by atoms with van der Waals surface area (Å²) in [4.78, 5) is 14.6. The van der Waals surface area contributed by atoms with E-state index in [-0.39, 0.29) is 18.6 Å². The number of rotatable bonds is 7. The maximum atomic E-state index is 12.8. The van der Waals surface area contributed by atoms with Gasteiger partial charge >= 0.3 is 0 Å². The van der Waals surface area contributed by atoms with Gasteiger partial charge in [-0.2, -0.15) is 0 Å².